The van der Waals surface area contributed by atoms with Crippen LogP contribution in [0.15, 0.2) is 54.6 Å². The van der Waals surface area contributed by atoms with Crippen LogP contribution in [0.25, 0.3) is 0 Å². The Morgan fingerprint density at radius 2 is 1.63 bits per heavy atom. The maximum atomic E-state index is 13.1. The van der Waals surface area contributed by atoms with Crippen molar-refractivity contribution in [1.82, 2.24) is 4.90 Å². The Bertz CT molecular complexity index is 787. The molecule has 1 heterocycles. The van der Waals surface area contributed by atoms with Crippen molar-refractivity contribution in [1.29, 1.82) is 0 Å². The molecule has 2 aromatic carbocycles. The summed E-state index contributed by atoms with van der Waals surface area (Å²) in [4.78, 5) is 28.6. The lowest BCUT2D eigenvalue weighted by Gasteiger charge is -2.39. The summed E-state index contributed by atoms with van der Waals surface area (Å²) >= 11 is 0. The highest BCUT2D eigenvalue weighted by Crippen LogP contribution is 2.28. The Hall–Kier alpha value is -2.82. The number of urea groups is 1. The fourth-order valence-corrected chi connectivity index (χ4v) is 3.27. The fourth-order valence-electron chi connectivity index (χ4n) is 3.27. The van der Waals surface area contributed by atoms with E-state index in [9.17, 15) is 9.59 Å². The molecule has 1 unspecified atom stereocenters. The summed E-state index contributed by atoms with van der Waals surface area (Å²) in [5.74, 6) is -0.0824. The third kappa shape index (κ3) is 4.30. The van der Waals surface area contributed by atoms with Gasteiger partial charge in [0.15, 0.2) is 0 Å². The number of nitrogens with zero attached hydrogens (tertiary/aromatic N) is 2. The maximum absolute atomic E-state index is 13.1. The molecular weight excluding hydrogens is 338 g/mol. The van der Waals surface area contributed by atoms with Crippen molar-refractivity contribution >= 4 is 23.3 Å². The van der Waals surface area contributed by atoms with Crippen LogP contribution in [0.5, 0.6) is 0 Å². The lowest BCUT2D eigenvalue weighted by atomic mass is 10.1. The molecule has 1 N–H and O–H groups in total. The minimum absolute atomic E-state index is 0.0142. The molecule has 5 nitrogen and oxygen atoms in total. The molecule has 0 spiro atoms. The topological polar surface area (TPSA) is 52.7 Å². The van der Waals surface area contributed by atoms with Gasteiger partial charge in [-0.3, -0.25) is 9.69 Å². The Morgan fingerprint density at radius 3 is 2.26 bits per heavy atom. The zero-order valence-electron chi connectivity index (χ0n) is 16.2. The Morgan fingerprint density at radius 1 is 0.963 bits per heavy atom. The summed E-state index contributed by atoms with van der Waals surface area (Å²) < 4.78 is 0. The van der Waals surface area contributed by atoms with Crippen molar-refractivity contribution < 1.29 is 9.59 Å². The van der Waals surface area contributed by atoms with Crippen molar-refractivity contribution in [3.63, 3.8) is 0 Å². The second kappa shape index (κ2) is 8.25. The van der Waals surface area contributed by atoms with Crippen molar-refractivity contribution in [3.8, 4) is 0 Å². The normalized spacial score (nSPS) is 15.8. The first-order valence-electron chi connectivity index (χ1n) is 9.51. The van der Waals surface area contributed by atoms with Crippen LogP contribution in [0.2, 0.25) is 0 Å². The number of hydrogen-bond donors (Lipinski definition) is 1. The quantitative estimate of drug-likeness (QED) is 0.837. The van der Waals surface area contributed by atoms with Crippen molar-refractivity contribution in [2.75, 3.05) is 23.3 Å². The van der Waals surface area contributed by atoms with Crippen LogP contribution in [0.4, 0.5) is 16.2 Å². The molecular formula is C22H27N3O2. The average molecular weight is 365 g/mol. The van der Waals surface area contributed by atoms with Gasteiger partial charge >= 0.3 is 6.03 Å². The second-order valence-corrected chi connectivity index (χ2v) is 7.26. The fraction of sp³-hybridized carbons (Fsp3) is 0.364. The largest absolute Gasteiger partial charge is 0.326 e. The van der Waals surface area contributed by atoms with Crippen LogP contribution < -0.4 is 10.2 Å². The summed E-state index contributed by atoms with van der Waals surface area (Å²) in [6.45, 7) is 7.25. The molecule has 142 valence electrons. The van der Waals surface area contributed by atoms with E-state index in [1.165, 1.54) is 0 Å². The van der Waals surface area contributed by atoms with E-state index in [-0.39, 0.29) is 23.9 Å². The number of carbonyl (C=O) groups excluding carboxylic acids is 2. The van der Waals surface area contributed by atoms with Crippen molar-refractivity contribution in [2.45, 2.75) is 33.2 Å². The molecule has 5 heteroatoms. The molecule has 1 atom stereocenters. The second-order valence-electron chi connectivity index (χ2n) is 7.26. The molecule has 1 aliphatic rings. The third-order valence-corrected chi connectivity index (χ3v) is 4.98. The lowest BCUT2D eigenvalue weighted by Crippen LogP contribution is -2.50. The highest BCUT2D eigenvalue weighted by Gasteiger charge is 2.30. The monoisotopic (exact) mass is 365 g/mol. The van der Waals surface area contributed by atoms with E-state index in [1.54, 1.807) is 0 Å². The zero-order chi connectivity index (χ0) is 19.4. The summed E-state index contributed by atoms with van der Waals surface area (Å²) in [5, 5.41) is 2.88. The van der Waals surface area contributed by atoms with E-state index in [0.29, 0.717) is 6.54 Å². The van der Waals surface area contributed by atoms with Crippen LogP contribution in [0.3, 0.4) is 0 Å². The van der Waals surface area contributed by atoms with Gasteiger partial charge < -0.3 is 10.2 Å². The first-order chi connectivity index (χ1) is 13.0. The van der Waals surface area contributed by atoms with E-state index in [0.717, 1.165) is 29.9 Å². The van der Waals surface area contributed by atoms with E-state index in [1.807, 2.05) is 66.1 Å². The van der Waals surface area contributed by atoms with E-state index < -0.39 is 0 Å². The summed E-state index contributed by atoms with van der Waals surface area (Å²) in [7, 11) is 0. The molecule has 27 heavy (non-hydrogen) atoms. The summed E-state index contributed by atoms with van der Waals surface area (Å²) in [6, 6.07) is 17.7. The molecule has 1 fully saturated rings. The summed E-state index contributed by atoms with van der Waals surface area (Å²) in [5.41, 5.74) is 2.74. The highest BCUT2D eigenvalue weighted by molar-refractivity contribution is 5.94. The number of hydrogen-bond acceptors (Lipinski definition) is 2. The predicted octanol–water partition coefficient (Wildman–Crippen LogP) is 4.67. The number of anilines is 2. The van der Waals surface area contributed by atoms with Crippen LogP contribution in [0, 0.1) is 5.92 Å². The summed E-state index contributed by atoms with van der Waals surface area (Å²) in [6.07, 6.45) is 0.925. The van der Waals surface area contributed by atoms with E-state index in [4.69, 9.17) is 0 Å². The molecule has 2 aromatic rings. The molecule has 1 aliphatic heterocycles. The van der Waals surface area contributed by atoms with Gasteiger partial charge in [0.05, 0.1) is 6.04 Å². The van der Waals surface area contributed by atoms with Gasteiger partial charge in [0.25, 0.3) is 0 Å². The van der Waals surface area contributed by atoms with Gasteiger partial charge in [0.1, 0.15) is 0 Å². The van der Waals surface area contributed by atoms with Crippen molar-refractivity contribution in [2.24, 2.45) is 5.92 Å². The van der Waals surface area contributed by atoms with Gasteiger partial charge in [0, 0.05) is 30.4 Å². The molecule has 3 rings (SSSR count). The van der Waals surface area contributed by atoms with Crippen LogP contribution in [0.1, 0.15) is 38.8 Å². The SMILES string of the molecule is CC(C)C(=O)Nc1ccc(N2CCCN(C(C)c3ccccc3)C2=O)cc1. The molecule has 0 bridgehead atoms. The van der Waals surface area contributed by atoms with Crippen LogP contribution in [-0.4, -0.2) is 29.9 Å². The Labute approximate surface area is 161 Å². The minimum Gasteiger partial charge on any atom is -0.326 e. The van der Waals surface area contributed by atoms with Gasteiger partial charge in [-0.15, -0.1) is 0 Å². The van der Waals surface area contributed by atoms with Gasteiger partial charge in [0.2, 0.25) is 5.91 Å². The number of amides is 3. The van der Waals surface area contributed by atoms with Gasteiger partial charge in [-0.05, 0) is 43.2 Å². The predicted molar refractivity (Wildman–Crippen MR) is 109 cm³/mol. The Balaban J connectivity index is 1.73. The third-order valence-electron chi connectivity index (χ3n) is 4.98. The lowest BCUT2D eigenvalue weighted by molar-refractivity contribution is -0.118. The van der Waals surface area contributed by atoms with Gasteiger partial charge in [-0.25, -0.2) is 4.79 Å². The molecule has 0 aliphatic carbocycles. The molecule has 0 aromatic heterocycles. The molecule has 3 amide bonds. The van der Waals surface area contributed by atoms with Crippen LogP contribution >= 0.6 is 0 Å². The highest BCUT2D eigenvalue weighted by atomic mass is 16.2. The average Bonchev–Trinajstić information content (AvgIpc) is 2.69. The smallest absolute Gasteiger partial charge is 0.324 e. The first-order valence-corrected chi connectivity index (χ1v) is 9.51. The molecule has 0 radical (unpaired) electrons. The standard InChI is InChI=1S/C22H27N3O2/c1-16(2)21(26)23-19-10-12-20(13-11-19)25-15-7-14-24(22(25)27)17(3)18-8-5-4-6-9-18/h4-6,8-13,16-17H,7,14-15H2,1-3H3,(H,23,26). The van der Waals surface area contributed by atoms with Gasteiger partial charge in [-0.2, -0.15) is 0 Å². The zero-order valence-corrected chi connectivity index (χ0v) is 16.2. The molecule has 0 saturated carbocycles. The van der Waals surface area contributed by atoms with Gasteiger partial charge in [-0.1, -0.05) is 44.2 Å². The number of carbonyl (C=O) groups is 2. The van der Waals surface area contributed by atoms with Crippen LogP contribution in [-0.2, 0) is 4.79 Å². The minimum atomic E-state index is -0.0682. The number of nitrogens with one attached hydrogen (secondary N) is 1. The first kappa shape index (κ1) is 19.0. The number of rotatable bonds is 5. The van der Waals surface area contributed by atoms with E-state index >= 15 is 0 Å². The number of benzene rings is 2. The van der Waals surface area contributed by atoms with E-state index in [2.05, 4.69) is 24.4 Å². The maximum Gasteiger partial charge on any atom is 0.324 e. The van der Waals surface area contributed by atoms with Crippen molar-refractivity contribution in [3.05, 3.63) is 60.2 Å². The Kier molecular flexibility index (Phi) is 5.79. The molecule has 1 saturated heterocycles.